The Labute approximate surface area is 89.6 Å². The average Bonchev–Trinajstić information content (AvgIpc) is 2.30. The largest absolute Gasteiger partial charge is 0.0619 e. The maximum Gasteiger partial charge on any atom is 0.0320 e. The molecule has 0 N–H and O–H groups in total. The molecule has 0 amide bonds. The summed E-state index contributed by atoms with van der Waals surface area (Å²) in [5.41, 5.74) is 3.02. The molecule has 12 heavy (non-hydrogen) atoms. The van der Waals surface area contributed by atoms with Crippen LogP contribution in [-0.4, -0.2) is 0 Å². The second-order valence-electron chi connectivity index (χ2n) is 3.55. The Morgan fingerprint density at radius 3 is 1.92 bits per heavy atom. The van der Waals surface area contributed by atoms with Crippen molar-refractivity contribution in [2.24, 2.45) is 5.92 Å². The van der Waals surface area contributed by atoms with E-state index < -0.39 is 0 Å². The summed E-state index contributed by atoms with van der Waals surface area (Å²) < 4.78 is 2.35. The van der Waals surface area contributed by atoms with E-state index in [9.17, 15) is 0 Å². The molecule has 0 heterocycles. The van der Waals surface area contributed by atoms with Crippen LogP contribution < -0.4 is 0 Å². The Balaban J connectivity index is 2.48. The minimum absolute atomic E-state index is 0.821. The summed E-state index contributed by atoms with van der Waals surface area (Å²) in [6.07, 6.45) is 2.47. The van der Waals surface area contributed by atoms with E-state index in [0.29, 0.717) is 0 Å². The van der Waals surface area contributed by atoms with Crippen molar-refractivity contribution >= 4 is 31.9 Å². The first-order chi connectivity index (χ1) is 5.66. The number of rotatable bonds is 0. The summed E-state index contributed by atoms with van der Waals surface area (Å²) in [5.74, 6) is 0.821. The van der Waals surface area contributed by atoms with Gasteiger partial charge in [-0.2, -0.15) is 0 Å². The van der Waals surface area contributed by atoms with Gasteiger partial charge in [0.05, 0.1) is 0 Å². The summed E-state index contributed by atoms with van der Waals surface area (Å²) in [6.45, 7) is 2.31. The standard InChI is InChI=1S/C10H10Br2/c1-6-2-7-4-9(11)10(12)5-8(7)3-6/h4-6H,2-3H2,1H3. The van der Waals surface area contributed by atoms with Gasteiger partial charge in [0.25, 0.3) is 0 Å². The van der Waals surface area contributed by atoms with Gasteiger partial charge >= 0.3 is 0 Å². The highest BCUT2D eigenvalue weighted by molar-refractivity contribution is 9.13. The van der Waals surface area contributed by atoms with E-state index in [0.717, 1.165) is 5.92 Å². The molecule has 64 valence electrons. The van der Waals surface area contributed by atoms with Crippen LogP contribution in [0.25, 0.3) is 0 Å². The summed E-state index contributed by atoms with van der Waals surface area (Å²) in [5, 5.41) is 0. The van der Waals surface area contributed by atoms with Crippen LogP contribution in [0.5, 0.6) is 0 Å². The van der Waals surface area contributed by atoms with Gasteiger partial charge in [0, 0.05) is 8.95 Å². The topological polar surface area (TPSA) is 0 Å². The molecule has 0 aliphatic heterocycles. The molecule has 0 fully saturated rings. The lowest BCUT2D eigenvalue weighted by Crippen LogP contribution is -1.89. The zero-order valence-electron chi connectivity index (χ0n) is 6.90. The number of halogens is 2. The maximum absolute atomic E-state index is 3.52. The number of hydrogen-bond donors (Lipinski definition) is 0. The zero-order chi connectivity index (χ0) is 8.72. The molecule has 0 aromatic heterocycles. The third-order valence-corrected chi connectivity index (χ3v) is 4.22. The fourth-order valence-electron chi connectivity index (χ4n) is 1.83. The van der Waals surface area contributed by atoms with Crippen LogP contribution in [-0.2, 0) is 12.8 Å². The van der Waals surface area contributed by atoms with E-state index in [2.05, 4.69) is 50.9 Å². The molecule has 0 radical (unpaired) electrons. The predicted octanol–water partition coefficient (Wildman–Crippen LogP) is 3.95. The average molecular weight is 290 g/mol. The molecule has 0 unspecified atom stereocenters. The molecule has 0 nitrogen and oxygen atoms in total. The molecule has 0 spiro atoms. The van der Waals surface area contributed by atoms with E-state index in [1.54, 1.807) is 0 Å². The minimum Gasteiger partial charge on any atom is -0.0619 e. The summed E-state index contributed by atoms with van der Waals surface area (Å²) >= 11 is 7.04. The molecule has 1 aromatic rings. The monoisotopic (exact) mass is 288 g/mol. The number of fused-ring (bicyclic) bond motifs is 1. The summed E-state index contributed by atoms with van der Waals surface area (Å²) in [7, 11) is 0. The highest BCUT2D eigenvalue weighted by atomic mass is 79.9. The smallest absolute Gasteiger partial charge is 0.0320 e. The molecule has 2 heteroatoms. The van der Waals surface area contributed by atoms with Crippen LogP contribution in [0, 0.1) is 5.92 Å². The van der Waals surface area contributed by atoms with E-state index >= 15 is 0 Å². The molecule has 0 atom stereocenters. The molecule has 2 rings (SSSR count). The fourth-order valence-corrected chi connectivity index (χ4v) is 2.61. The Bertz CT molecular complexity index is 287. The quantitative estimate of drug-likeness (QED) is 0.678. The van der Waals surface area contributed by atoms with Gasteiger partial charge in [0.2, 0.25) is 0 Å². The zero-order valence-corrected chi connectivity index (χ0v) is 10.1. The van der Waals surface area contributed by atoms with Crippen LogP contribution in [0.15, 0.2) is 21.1 Å². The third-order valence-electron chi connectivity index (χ3n) is 2.38. The van der Waals surface area contributed by atoms with Gasteiger partial charge in [-0.3, -0.25) is 0 Å². The van der Waals surface area contributed by atoms with Gasteiger partial charge in [-0.15, -0.1) is 0 Å². The lowest BCUT2D eigenvalue weighted by molar-refractivity contribution is 0.627. The van der Waals surface area contributed by atoms with Gasteiger partial charge < -0.3 is 0 Å². The maximum atomic E-state index is 3.52. The lowest BCUT2D eigenvalue weighted by Gasteiger charge is -2.01. The van der Waals surface area contributed by atoms with Crippen LogP contribution in [0.4, 0.5) is 0 Å². The first kappa shape index (κ1) is 8.76. The van der Waals surface area contributed by atoms with Crippen molar-refractivity contribution in [3.8, 4) is 0 Å². The number of hydrogen-bond acceptors (Lipinski definition) is 0. The molecular weight excluding hydrogens is 280 g/mol. The molecular formula is C10H10Br2. The molecule has 1 aliphatic rings. The van der Waals surface area contributed by atoms with Crippen molar-refractivity contribution in [2.75, 3.05) is 0 Å². The van der Waals surface area contributed by atoms with Crippen molar-refractivity contribution in [1.29, 1.82) is 0 Å². The normalized spacial score (nSPS) is 16.6. The molecule has 1 aliphatic carbocycles. The van der Waals surface area contributed by atoms with E-state index in [1.165, 1.54) is 32.9 Å². The first-order valence-electron chi connectivity index (χ1n) is 4.13. The van der Waals surface area contributed by atoms with Crippen LogP contribution in [0.3, 0.4) is 0 Å². The van der Waals surface area contributed by atoms with E-state index in [1.807, 2.05) is 0 Å². The highest BCUT2D eigenvalue weighted by Crippen LogP contribution is 2.33. The Morgan fingerprint density at radius 2 is 1.50 bits per heavy atom. The lowest BCUT2D eigenvalue weighted by atomic mass is 10.1. The Morgan fingerprint density at radius 1 is 1.08 bits per heavy atom. The van der Waals surface area contributed by atoms with Crippen LogP contribution >= 0.6 is 31.9 Å². The van der Waals surface area contributed by atoms with Gasteiger partial charge in [0.1, 0.15) is 0 Å². The van der Waals surface area contributed by atoms with Gasteiger partial charge in [-0.1, -0.05) is 6.92 Å². The van der Waals surface area contributed by atoms with E-state index in [-0.39, 0.29) is 0 Å². The van der Waals surface area contributed by atoms with Gasteiger partial charge in [-0.25, -0.2) is 0 Å². The SMILES string of the molecule is CC1Cc2cc(Br)c(Br)cc2C1. The fraction of sp³-hybridized carbons (Fsp3) is 0.400. The number of benzene rings is 1. The van der Waals surface area contributed by atoms with Crippen molar-refractivity contribution in [3.63, 3.8) is 0 Å². The van der Waals surface area contributed by atoms with Gasteiger partial charge in [-0.05, 0) is 73.9 Å². The second kappa shape index (κ2) is 3.15. The van der Waals surface area contributed by atoms with Gasteiger partial charge in [0.15, 0.2) is 0 Å². The van der Waals surface area contributed by atoms with Crippen molar-refractivity contribution in [2.45, 2.75) is 19.8 Å². The predicted molar refractivity (Wildman–Crippen MR) is 58.4 cm³/mol. The van der Waals surface area contributed by atoms with Crippen molar-refractivity contribution in [3.05, 3.63) is 32.2 Å². The summed E-state index contributed by atoms with van der Waals surface area (Å²) in [6, 6.07) is 4.48. The van der Waals surface area contributed by atoms with Crippen molar-refractivity contribution in [1.82, 2.24) is 0 Å². The molecule has 0 saturated carbocycles. The summed E-state index contributed by atoms with van der Waals surface area (Å²) in [4.78, 5) is 0. The molecule has 0 saturated heterocycles. The first-order valence-corrected chi connectivity index (χ1v) is 5.72. The third kappa shape index (κ3) is 1.47. The Kier molecular flexibility index (Phi) is 2.30. The second-order valence-corrected chi connectivity index (χ2v) is 5.26. The highest BCUT2D eigenvalue weighted by Gasteiger charge is 2.18. The Hall–Kier alpha value is 0.180. The molecule has 0 bridgehead atoms. The van der Waals surface area contributed by atoms with Crippen LogP contribution in [0.2, 0.25) is 0 Å². The van der Waals surface area contributed by atoms with E-state index in [4.69, 9.17) is 0 Å². The minimum atomic E-state index is 0.821. The molecule has 1 aromatic carbocycles. The van der Waals surface area contributed by atoms with Crippen LogP contribution in [0.1, 0.15) is 18.1 Å². The van der Waals surface area contributed by atoms with Crippen molar-refractivity contribution < 1.29 is 0 Å².